The maximum absolute atomic E-state index is 11.6. The lowest BCUT2D eigenvalue weighted by Gasteiger charge is -2.14. The van der Waals surface area contributed by atoms with Crippen molar-refractivity contribution < 1.29 is 14.7 Å². The van der Waals surface area contributed by atoms with Crippen molar-refractivity contribution in [2.75, 3.05) is 6.54 Å². The number of carboxylic acid groups (broad SMARTS) is 1. The number of aliphatic carboxylic acids is 1. The van der Waals surface area contributed by atoms with E-state index in [4.69, 9.17) is 5.11 Å². The standard InChI is InChI=1S/C16H21N3O3/c1-3-18-19-12(2)14-9-7-13(8-10-14)11-17-15(20)5-4-6-16(21)22/h3,7,9H,1-2,4-6,8,10-11H2,(H,17,20)(H,21,22). The van der Waals surface area contributed by atoms with Crippen LogP contribution in [0.15, 0.2) is 58.6 Å². The van der Waals surface area contributed by atoms with Gasteiger partial charge in [-0.1, -0.05) is 30.9 Å². The molecule has 0 atom stereocenters. The molecule has 0 bridgehead atoms. The van der Waals surface area contributed by atoms with Crippen LogP contribution in [0.4, 0.5) is 0 Å². The molecule has 1 aliphatic rings. The number of amides is 1. The van der Waals surface area contributed by atoms with Crippen molar-refractivity contribution in [3.8, 4) is 0 Å². The van der Waals surface area contributed by atoms with E-state index in [1.165, 1.54) is 6.20 Å². The van der Waals surface area contributed by atoms with Gasteiger partial charge in [-0.3, -0.25) is 9.59 Å². The quantitative estimate of drug-likeness (QED) is 0.641. The smallest absolute Gasteiger partial charge is 0.303 e. The number of rotatable bonds is 9. The fourth-order valence-corrected chi connectivity index (χ4v) is 1.94. The van der Waals surface area contributed by atoms with Gasteiger partial charge in [-0.2, -0.15) is 10.2 Å². The molecule has 0 saturated heterocycles. The van der Waals surface area contributed by atoms with Crippen LogP contribution in [-0.4, -0.2) is 23.5 Å². The topological polar surface area (TPSA) is 91.1 Å². The fraction of sp³-hybridized carbons (Fsp3) is 0.375. The number of carboxylic acids is 1. The van der Waals surface area contributed by atoms with Gasteiger partial charge in [-0.15, -0.1) is 0 Å². The lowest BCUT2D eigenvalue weighted by molar-refractivity contribution is -0.137. The Morgan fingerprint density at radius 2 is 2.09 bits per heavy atom. The van der Waals surface area contributed by atoms with E-state index in [0.29, 0.717) is 18.7 Å². The number of hydrogen-bond donors (Lipinski definition) is 2. The molecule has 2 N–H and O–H groups in total. The first-order valence-electron chi connectivity index (χ1n) is 7.11. The molecule has 0 aromatic heterocycles. The summed E-state index contributed by atoms with van der Waals surface area (Å²) >= 11 is 0. The summed E-state index contributed by atoms with van der Waals surface area (Å²) in [5.74, 6) is -1.00. The average molecular weight is 303 g/mol. The van der Waals surface area contributed by atoms with Crippen molar-refractivity contribution in [1.82, 2.24) is 5.32 Å². The molecule has 1 aliphatic carbocycles. The third-order valence-corrected chi connectivity index (χ3v) is 3.17. The second kappa shape index (κ2) is 9.44. The SMILES string of the molecule is C=CN=NC(=C)C1=CC=C(CNC(=O)CCCC(=O)O)CC1. The van der Waals surface area contributed by atoms with Crippen molar-refractivity contribution >= 4 is 11.9 Å². The number of carbonyl (C=O) groups excluding carboxylic acids is 1. The Bertz CT molecular complexity index is 545. The molecule has 0 saturated carbocycles. The van der Waals surface area contributed by atoms with Gasteiger partial charge < -0.3 is 10.4 Å². The first-order chi connectivity index (χ1) is 10.5. The molecule has 0 spiro atoms. The zero-order chi connectivity index (χ0) is 16.4. The van der Waals surface area contributed by atoms with Gasteiger partial charge in [0.05, 0.1) is 5.70 Å². The van der Waals surface area contributed by atoms with E-state index >= 15 is 0 Å². The molecule has 0 aromatic rings. The highest BCUT2D eigenvalue weighted by Crippen LogP contribution is 2.23. The normalized spacial score (nSPS) is 14.2. The van der Waals surface area contributed by atoms with Gasteiger partial charge in [0.15, 0.2) is 0 Å². The molecule has 0 aliphatic heterocycles. The summed E-state index contributed by atoms with van der Waals surface area (Å²) in [5, 5.41) is 18.9. The predicted molar refractivity (Wildman–Crippen MR) is 84.1 cm³/mol. The Hall–Kier alpha value is -2.50. The van der Waals surface area contributed by atoms with E-state index in [1.54, 1.807) is 0 Å². The summed E-state index contributed by atoms with van der Waals surface area (Å²) in [6.07, 6.45) is 7.47. The second-order valence-electron chi connectivity index (χ2n) is 4.89. The van der Waals surface area contributed by atoms with Crippen LogP contribution < -0.4 is 5.32 Å². The Morgan fingerprint density at radius 3 is 2.68 bits per heavy atom. The number of azo groups is 1. The Morgan fingerprint density at radius 1 is 1.32 bits per heavy atom. The summed E-state index contributed by atoms with van der Waals surface area (Å²) in [6, 6.07) is 0. The minimum atomic E-state index is -0.880. The van der Waals surface area contributed by atoms with Crippen LogP contribution in [-0.2, 0) is 9.59 Å². The molecule has 118 valence electrons. The Balaban J connectivity index is 2.37. The molecule has 0 fully saturated rings. The van der Waals surface area contributed by atoms with Crippen LogP contribution in [0.2, 0.25) is 0 Å². The number of nitrogens with one attached hydrogen (secondary N) is 1. The lowest BCUT2D eigenvalue weighted by atomic mass is 9.97. The van der Waals surface area contributed by atoms with Crippen molar-refractivity contribution in [3.05, 3.63) is 48.4 Å². The maximum Gasteiger partial charge on any atom is 0.303 e. The minimum Gasteiger partial charge on any atom is -0.481 e. The first kappa shape index (κ1) is 17.6. The van der Waals surface area contributed by atoms with Gasteiger partial charge in [0.25, 0.3) is 0 Å². The van der Waals surface area contributed by atoms with Gasteiger partial charge in [0.2, 0.25) is 5.91 Å². The zero-order valence-electron chi connectivity index (χ0n) is 12.5. The molecule has 1 amide bonds. The average Bonchev–Trinajstić information content (AvgIpc) is 2.50. The molecule has 22 heavy (non-hydrogen) atoms. The summed E-state index contributed by atoms with van der Waals surface area (Å²) in [5.41, 5.74) is 2.75. The molecule has 6 nitrogen and oxygen atoms in total. The molecular weight excluding hydrogens is 282 g/mol. The zero-order valence-corrected chi connectivity index (χ0v) is 12.5. The highest BCUT2D eigenvalue weighted by Gasteiger charge is 2.10. The molecule has 0 aromatic carbocycles. The third-order valence-electron chi connectivity index (χ3n) is 3.17. The van der Waals surface area contributed by atoms with Crippen molar-refractivity contribution in [2.45, 2.75) is 32.1 Å². The molecule has 1 rings (SSSR count). The number of carbonyl (C=O) groups is 2. The van der Waals surface area contributed by atoms with Crippen LogP contribution in [0.1, 0.15) is 32.1 Å². The van der Waals surface area contributed by atoms with Crippen LogP contribution in [0.25, 0.3) is 0 Å². The van der Waals surface area contributed by atoms with Crippen LogP contribution >= 0.6 is 0 Å². The van der Waals surface area contributed by atoms with E-state index in [2.05, 4.69) is 28.7 Å². The minimum absolute atomic E-state index is 0.0174. The molecule has 0 radical (unpaired) electrons. The molecule has 0 heterocycles. The lowest BCUT2D eigenvalue weighted by Crippen LogP contribution is -2.25. The highest BCUT2D eigenvalue weighted by atomic mass is 16.4. The third kappa shape index (κ3) is 6.78. The van der Waals surface area contributed by atoms with E-state index < -0.39 is 5.97 Å². The van der Waals surface area contributed by atoms with Gasteiger partial charge in [-0.25, -0.2) is 0 Å². The largest absolute Gasteiger partial charge is 0.481 e. The molecule has 0 unspecified atom stereocenters. The van der Waals surface area contributed by atoms with Gasteiger partial charge in [-0.05, 0) is 24.8 Å². The monoisotopic (exact) mass is 303 g/mol. The van der Waals surface area contributed by atoms with Gasteiger partial charge >= 0.3 is 5.97 Å². The fourth-order valence-electron chi connectivity index (χ4n) is 1.94. The van der Waals surface area contributed by atoms with Gasteiger partial charge in [0.1, 0.15) is 0 Å². The number of hydrogen-bond acceptors (Lipinski definition) is 4. The summed E-state index contributed by atoms with van der Waals surface area (Å²) in [4.78, 5) is 21.9. The van der Waals surface area contributed by atoms with Crippen LogP contribution in [0, 0.1) is 0 Å². The Labute approximate surface area is 130 Å². The van der Waals surface area contributed by atoms with E-state index in [0.717, 1.165) is 24.0 Å². The van der Waals surface area contributed by atoms with E-state index in [1.807, 2.05) is 12.2 Å². The van der Waals surface area contributed by atoms with Crippen LogP contribution in [0.3, 0.4) is 0 Å². The highest BCUT2D eigenvalue weighted by molar-refractivity contribution is 5.77. The number of allylic oxidation sites excluding steroid dienone is 3. The maximum atomic E-state index is 11.6. The predicted octanol–water partition coefficient (Wildman–Crippen LogP) is 3.11. The van der Waals surface area contributed by atoms with Crippen molar-refractivity contribution in [3.63, 3.8) is 0 Å². The first-order valence-corrected chi connectivity index (χ1v) is 7.11. The summed E-state index contributed by atoms with van der Waals surface area (Å²) in [6.45, 7) is 7.78. The van der Waals surface area contributed by atoms with Crippen molar-refractivity contribution in [2.24, 2.45) is 10.2 Å². The van der Waals surface area contributed by atoms with Crippen LogP contribution in [0.5, 0.6) is 0 Å². The number of nitrogens with zero attached hydrogens (tertiary/aromatic N) is 2. The summed E-state index contributed by atoms with van der Waals surface area (Å²) in [7, 11) is 0. The molecule has 6 heteroatoms. The summed E-state index contributed by atoms with van der Waals surface area (Å²) < 4.78 is 0. The van der Waals surface area contributed by atoms with Gasteiger partial charge in [0, 0.05) is 25.6 Å². The second-order valence-corrected chi connectivity index (χ2v) is 4.89. The van der Waals surface area contributed by atoms with E-state index in [-0.39, 0.29) is 18.7 Å². The van der Waals surface area contributed by atoms with E-state index in [9.17, 15) is 9.59 Å². The Kier molecular flexibility index (Phi) is 7.53. The molecular formula is C16H21N3O3. The van der Waals surface area contributed by atoms with Crippen molar-refractivity contribution in [1.29, 1.82) is 0 Å².